The van der Waals surface area contributed by atoms with Crippen molar-refractivity contribution in [2.24, 2.45) is 17.4 Å². The van der Waals surface area contributed by atoms with Gasteiger partial charge in [-0.1, -0.05) is 74.5 Å². The lowest BCUT2D eigenvalue weighted by Gasteiger charge is -2.38. The first-order valence-corrected chi connectivity index (χ1v) is 14.4. The summed E-state index contributed by atoms with van der Waals surface area (Å²) in [5, 5.41) is 12.7. The van der Waals surface area contributed by atoms with Gasteiger partial charge in [-0.25, -0.2) is 0 Å². The van der Waals surface area contributed by atoms with Crippen molar-refractivity contribution in [2.75, 3.05) is 26.2 Å². The van der Waals surface area contributed by atoms with Crippen LogP contribution in [0.25, 0.3) is 0 Å². The first-order chi connectivity index (χ1) is 20.0. The molecule has 0 bridgehead atoms. The van der Waals surface area contributed by atoms with Crippen LogP contribution in [0.1, 0.15) is 45.2 Å². The highest BCUT2D eigenvalue weighted by molar-refractivity contribution is 5.79. The monoisotopic (exact) mass is 585 g/mol. The van der Waals surface area contributed by atoms with Gasteiger partial charge in [-0.2, -0.15) is 0 Å². The molecule has 0 fully saturated rings. The van der Waals surface area contributed by atoms with Crippen molar-refractivity contribution in [2.45, 2.75) is 71.9 Å². The summed E-state index contributed by atoms with van der Waals surface area (Å²) in [6.07, 6.45) is -1.19. The molecule has 6 N–H and O–H groups in total. The SMILES string of the molecule is CCN(C(CNCC(OCc1ccccc1)N(CC(C)CC(=O)O)C(C)C(N)=O)OCc1ccccc1)C(C)C(N)=O. The second-order valence-corrected chi connectivity index (χ2v) is 10.5. The van der Waals surface area contributed by atoms with Crippen LogP contribution in [0.15, 0.2) is 60.7 Å². The molecule has 2 aromatic carbocycles. The topological polar surface area (TPSA) is 160 Å². The van der Waals surface area contributed by atoms with Gasteiger partial charge in [0.2, 0.25) is 11.8 Å². The van der Waals surface area contributed by atoms with Crippen molar-refractivity contribution in [3.8, 4) is 0 Å². The Balaban J connectivity index is 2.26. The van der Waals surface area contributed by atoms with E-state index in [4.69, 9.17) is 20.9 Å². The van der Waals surface area contributed by atoms with E-state index in [1.54, 1.807) is 18.7 Å². The van der Waals surface area contributed by atoms with Crippen LogP contribution in [-0.2, 0) is 37.1 Å². The molecule has 0 aliphatic rings. The molecule has 0 spiro atoms. The van der Waals surface area contributed by atoms with Crippen LogP contribution in [0.3, 0.4) is 0 Å². The number of aliphatic carboxylic acids is 1. The molecule has 0 heterocycles. The number of primary amides is 2. The third-order valence-electron chi connectivity index (χ3n) is 7.18. The Kier molecular flexibility index (Phi) is 15.1. The number of ether oxygens (including phenoxy) is 2. The normalized spacial score (nSPS) is 15.2. The maximum atomic E-state index is 12.3. The fraction of sp³-hybridized carbons (Fsp3) is 0.516. The number of nitrogens with two attached hydrogens (primary N) is 2. The molecule has 0 saturated carbocycles. The second kappa shape index (κ2) is 18.2. The first-order valence-electron chi connectivity index (χ1n) is 14.4. The van der Waals surface area contributed by atoms with Crippen LogP contribution in [0.2, 0.25) is 0 Å². The summed E-state index contributed by atoms with van der Waals surface area (Å²) in [7, 11) is 0. The second-order valence-electron chi connectivity index (χ2n) is 10.5. The van der Waals surface area contributed by atoms with E-state index in [2.05, 4.69) is 5.32 Å². The lowest BCUT2D eigenvalue weighted by Crippen LogP contribution is -2.56. The van der Waals surface area contributed by atoms with E-state index in [1.165, 1.54) is 0 Å². The third kappa shape index (κ3) is 11.9. The van der Waals surface area contributed by atoms with Crippen LogP contribution in [-0.4, -0.2) is 83.4 Å². The highest BCUT2D eigenvalue weighted by atomic mass is 16.5. The minimum Gasteiger partial charge on any atom is -0.481 e. The largest absolute Gasteiger partial charge is 0.481 e. The fourth-order valence-corrected chi connectivity index (χ4v) is 4.71. The lowest BCUT2D eigenvalue weighted by molar-refractivity contribution is -0.140. The third-order valence-corrected chi connectivity index (χ3v) is 7.18. The van der Waals surface area contributed by atoms with Gasteiger partial charge in [0.05, 0.1) is 25.3 Å². The molecule has 2 aromatic rings. The van der Waals surface area contributed by atoms with Crippen molar-refractivity contribution in [1.82, 2.24) is 15.1 Å². The van der Waals surface area contributed by atoms with Crippen LogP contribution in [0, 0.1) is 5.92 Å². The molecule has 2 rings (SSSR count). The van der Waals surface area contributed by atoms with Crippen LogP contribution < -0.4 is 16.8 Å². The number of benzene rings is 2. The van der Waals surface area contributed by atoms with Crippen molar-refractivity contribution in [1.29, 1.82) is 0 Å². The summed E-state index contributed by atoms with van der Waals surface area (Å²) in [6.45, 7) is 9.20. The van der Waals surface area contributed by atoms with Gasteiger partial charge < -0.3 is 31.4 Å². The number of carboxylic acids is 1. The zero-order chi connectivity index (χ0) is 31.1. The van der Waals surface area contributed by atoms with Crippen LogP contribution >= 0.6 is 0 Å². The smallest absolute Gasteiger partial charge is 0.303 e. The van der Waals surface area contributed by atoms with Crippen molar-refractivity contribution >= 4 is 17.8 Å². The Morgan fingerprint density at radius 2 is 1.21 bits per heavy atom. The number of nitrogens with zero attached hydrogens (tertiary/aromatic N) is 2. The Morgan fingerprint density at radius 1 is 0.786 bits per heavy atom. The molecule has 2 amide bonds. The Hall–Kier alpha value is -3.35. The molecule has 232 valence electrons. The maximum absolute atomic E-state index is 12.3. The highest BCUT2D eigenvalue weighted by Gasteiger charge is 2.31. The predicted molar refractivity (Wildman–Crippen MR) is 161 cm³/mol. The molecule has 0 aliphatic heterocycles. The highest BCUT2D eigenvalue weighted by Crippen LogP contribution is 2.16. The first kappa shape index (κ1) is 34.8. The number of likely N-dealkylation sites (N-methyl/N-ethyl adjacent to an activating group) is 1. The van der Waals surface area contributed by atoms with E-state index in [0.717, 1.165) is 11.1 Å². The fourth-order valence-electron chi connectivity index (χ4n) is 4.71. The zero-order valence-corrected chi connectivity index (χ0v) is 25.1. The van der Waals surface area contributed by atoms with Gasteiger partial charge in [0.25, 0.3) is 0 Å². The van der Waals surface area contributed by atoms with Crippen LogP contribution in [0.4, 0.5) is 0 Å². The van der Waals surface area contributed by atoms with E-state index >= 15 is 0 Å². The van der Waals surface area contributed by atoms with Gasteiger partial charge in [0.15, 0.2) is 0 Å². The minimum atomic E-state index is -0.921. The van der Waals surface area contributed by atoms with Crippen molar-refractivity contribution in [3.63, 3.8) is 0 Å². The number of amides is 2. The van der Waals surface area contributed by atoms with Crippen molar-refractivity contribution < 1.29 is 29.0 Å². The number of hydrogen-bond acceptors (Lipinski definition) is 8. The number of carboxylic acid groups (broad SMARTS) is 1. The number of carbonyl (C=O) groups excluding carboxylic acids is 2. The molecule has 5 atom stereocenters. The standard InChI is InChI=1S/C31H47N5O6/c1-5-35(23(3)30(32)39)27(41-20-25-12-8-6-9-13-25)17-34-18-28(42-21-26-14-10-7-11-15-26)36(24(4)31(33)40)19-22(2)16-29(37)38/h6-15,22-24,27-28,34H,5,16-21H2,1-4H3,(H2,32,39)(H2,33,40)(H,37,38). The van der Waals surface area contributed by atoms with E-state index in [1.807, 2.05) is 79.4 Å². The number of rotatable bonds is 21. The summed E-state index contributed by atoms with van der Waals surface area (Å²) in [6, 6.07) is 18.1. The molecule has 42 heavy (non-hydrogen) atoms. The number of carbonyl (C=O) groups is 3. The Morgan fingerprint density at radius 3 is 1.62 bits per heavy atom. The average Bonchev–Trinajstić information content (AvgIpc) is 2.96. The number of hydrogen-bond donors (Lipinski definition) is 4. The van der Waals surface area contributed by atoms with Gasteiger partial charge in [0.1, 0.15) is 12.5 Å². The van der Waals surface area contributed by atoms with Crippen LogP contribution in [0.5, 0.6) is 0 Å². The summed E-state index contributed by atoms with van der Waals surface area (Å²) in [4.78, 5) is 39.5. The summed E-state index contributed by atoms with van der Waals surface area (Å²) in [5.74, 6) is -2.18. The lowest BCUT2D eigenvalue weighted by atomic mass is 10.1. The minimum absolute atomic E-state index is 0.0628. The molecule has 0 saturated heterocycles. The summed E-state index contributed by atoms with van der Waals surface area (Å²) < 4.78 is 12.6. The predicted octanol–water partition coefficient (Wildman–Crippen LogP) is 2.14. The van der Waals surface area contributed by atoms with E-state index in [-0.39, 0.29) is 32.0 Å². The zero-order valence-electron chi connectivity index (χ0n) is 25.1. The molecule has 0 aromatic heterocycles. The maximum Gasteiger partial charge on any atom is 0.303 e. The quantitative estimate of drug-likeness (QED) is 0.161. The molecule has 5 unspecified atom stereocenters. The molecule has 11 heteroatoms. The molecular weight excluding hydrogens is 538 g/mol. The van der Waals surface area contributed by atoms with E-state index < -0.39 is 42.3 Å². The van der Waals surface area contributed by atoms with Gasteiger partial charge in [0, 0.05) is 26.1 Å². The van der Waals surface area contributed by atoms with E-state index in [0.29, 0.717) is 19.7 Å². The molecule has 0 radical (unpaired) electrons. The summed E-state index contributed by atoms with van der Waals surface area (Å²) in [5.41, 5.74) is 13.3. The molecular formula is C31H47N5O6. The Labute approximate surface area is 249 Å². The van der Waals surface area contributed by atoms with Gasteiger partial charge in [-0.05, 0) is 37.4 Å². The number of nitrogens with one attached hydrogen (secondary N) is 1. The van der Waals surface area contributed by atoms with Gasteiger partial charge >= 0.3 is 5.97 Å². The van der Waals surface area contributed by atoms with E-state index in [9.17, 15) is 19.5 Å². The molecule has 11 nitrogen and oxygen atoms in total. The van der Waals surface area contributed by atoms with Gasteiger partial charge in [-0.15, -0.1) is 0 Å². The molecule has 0 aliphatic carbocycles. The summed E-state index contributed by atoms with van der Waals surface area (Å²) >= 11 is 0. The Bertz CT molecular complexity index is 1090. The van der Waals surface area contributed by atoms with Gasteiger partial charge in [-0.3, -0.25) is 24.2 Å². The average molecular weight is 586 g/mol. The van der Waals surface area contributed by atoms with Crippen molar-refractivity contribution in [3.05, 3.63) is 71.8 Å².